The summed E-state index contributed by atoms with van der Waals surface area (Å²) in [6, 6.07) is 10.2. The molecular weight excluding hydrogens is 250 g/mol. The van der Waals surface area contributed by atoms with Crippen molar-refractivity contribution in [3.05, 3.63) is 29.8 Å². The van der Waals surface area contributed by atoms with Crippen LogP contribution in [0.15, 0.2) is 24.3 Å². The largest absolute Gasteiger partial charge is 0.497 e. The summed E-state index contributed by atoms with van der Waals surface area (Å²) in [4.78, 5) is 7.06. The van der Waals surface area contributed by atoms with Crippen LogP contribution in [0.2, 0.25) is 0 Å². The van der Waals surface area contributed by atoms with Crippen molar-refractivity contribution < 1.29 is 4.74 Å². The molecule has 0 spiro atoms. The molecule has 1 aromatic carbocycles. The highest BCUT2D eigenvalue weighted by molar-refractivity contribution is 5.83. The van der Waals surface area contributed by atoms with Gasteiger partial charge in [-0.25, -0.2) is 4.98 Å². The van der Waals surface area contributed by atoms with Crippen molar-refractivity contribution in [2.45, 2.75) is 19.3 Å². The van der Waals surface area contributed by atoms with Gasteiger partial charge in [-0.05, 0) is 31.0 Å². The summed E-state index contributed by atoms with van der Waals surface area (Å²) in [6.07, 6.45) is 2.80. The maximum absolute atomic E-state index is 9.02. The smallest absolute Gasteiger partial charge is 0.133 e. The number of hydrogen-bond donors (Lipinski definition) is 0. The number of anilines is 1. The number of ether oxygens (including phenoxy) is 1. The van der Waals surface area contributed by atoms with E-state index in [-0.39, 0.29) is 0 Å². The molecule has 0 aliphatic carbocycles. The van der Waals surface area contributed by atoms with Gasteiger partial charge in [-0.2, -0.15) is 5.26 Å². The lowest BCUT2D eigenvalue weighted by molar-refractivity contribution is 0.415. The molecule has 1 aliphatic heterocycles. The lowest BCUT2D eigenvalue weighted by Gasteiger charge is -2.20. The third kappa shape index (κ3) is 2.27. The van der Waals surface area contributed by atoms with Crippen molar-refractivity contribution in [1.29, 1.82) is 5.26 Å². The van der Waals surface area contributed by atoms with Gasteiger partial charge < -0.3 is 9.64 Å². The first-order chi connectivity index (χ1) is 9.81. The molecule has 0 radical (unpaired) electrons. The Labute approximate surface area is 118 Å². The van der Waals surface area contributed by atoms with Gasteiger partial charge in [0.2, 0.25) is 0 Å². The molecule has 0 bridgehead atoms. The summed E-state index contributed by atoms with van der Waals surface area (Å²) in [6.45, 7) is 2.06. The van der Waals surface area contributed by atoms with E-state index in [0.29, 0.717) is 6.42 Å². The zero-order valence-corrected chi connectivity index (χ0v) is 11.6. The first kappa shape index (κ1) is 12.7. The third-order valence-corrected chi connectivity index (χ3v) is 3.76. The molecule has 0 N–H and O–H groups in total. The fourth-order valence-electron chi connectivity index (χ4n) is 2.73. The van der Waals surface area contributed by atoms with Crippen LogP contribution >= 0.6 is 0 Å². The zero-order chi connectivity index (χ0) is 13.9. The number of nitriles is 1. The minimum Gasteiger partial charge on any atom is -0.497 e. The summed E-state index contributed by atoms with van der Waals surface area (Å²) >= 11 is 0. The maximum atomic E-state index is 9.02. The van der Waals surface area contributed by atoms with E-state index < -0.39 is 0 Å². The van der Waals surface area contributed by atoms with Crippen LogP contribution in [0, 0.1) is 11.3 Å². The number of aromatic nitrogens is 1. The van der Waals surface area contributed by atoms with Crippen LogP contribution in [0.3, 0.4) is 0 Å². The zero-order valence-electron chi connectivity index (χ0n) is 11.6. The van der Waals surface area contributed by atoms with Gasteiger partial charge in [-0.1, -0.05) is 0 Å². The highest BCUT2D eigenvalue weighted by Gasteiger charge is 2.18. The van der Waals surface area contributed by atoms with Gasteiger partial charge in [-0.3, -0.25) is 0 Å². The second-order valence-electron chi connectivity index (χ2n) is 5.06. The molecule has 0 saturated carbocycles. The SMILES string of the molecule is COc1ccc2cc(CC#N)c(N3CCCC3)nc2c1. The molecule has 4 heteroatoms. The minimum atomic E-state index is 0.404. The Balaban J connectivity index is 2.13. The fraction of sp³-hybridized carbons (Fsp3) is 0.375. The van der Waals surface area contributed by atoms with Crippen LogP contribution in [0.1, 0.15) is 18.4 Å². The fourth-order valence-corrected chi connectivity index (χ4v) is 2.73. The first-order valence-electron chi connectivity index (χ1n) is 6.91. The predicted octanol–water partition coefficient (Wildman–Crippen LogP) is 2.91. The molecule has 1 fully saturated rings. The van der Waals surface area contributed by atoms with Crippen molar-refractivity contribution in [3.8, 4) is 11.8 Å². The monoisotopic (exact) mass is 267 g/mol. The lowest BCUT2D eigenvalue weighted by Crippen LogP contribution is -2.20. The molecule has 4 nitrogen and oxygen atoms in total. The van der Waals surface area contributed by atoms with E-state index in [2.05, 4.69) is 17.0 Å². The van der Waals surface area contributed by atoms with Crippen LogP contribution in [0.4, 0.5) is 5.82 Å². The summed E-state index contributed by atoms with van der Waals surface area (Å²) in [7, 11) is 1.66. The highest BCUT2D eigenvalue weighted by Crippen LogP contribution is 2.28. The van der Waals surface area contributed by atoms with E-state index in [1.165, 1.54) is 12.8 Å². The second kappa shape index (κ2) is 5.38. The molecule has 0 atom stereocenters. The Hall–Kier alpha value is -2.28. The standard InChI is InChI=1S/C16H17N3O/c1-20-14-5-4-12-10-13(6-7-17)16(18-15(12)11-14)19-8-2-3-9-19/h4-5,10-11H,2-3,6,8-9H2,1H3. The van der Waals surface area contributed by atoms with Gasteiger partial charge in [0.15, 0.2) is 0 Å². The molecule has 1 aromatic heterocycles. The molecular formula is C16H17N3O. The Morgan fingerprint density at radius 1 is 1.30 bits per heavy atom. The van der Waals surface area contributed by atoms with Crippen LogP contribution in [-0.4, -0.2) is 25.2 Å². The van der Waals surface area contributed by atoms with Crippen molar-refractivity contribution in [3.63, 3.8) is 0 Å². The van der Waals surface area contributed by atoms with Gasteiger partial charge >= 0.3 is 0 Å². The van der Waals surface area contributed by atoms with Gasteiger partial charge in [-0.15, -0.1) is 0 Å². The normalized spacial score (nSPS) is 14.5. The second-order valence-corrected chi connectivity index (χ2v) is 5.06. The van der Waals surface area contributed by atoms with Gasteiger partial charge in [0.1, 0.15) is 11.6 Å². The number of rotatable bonds is 3. The van der Waals surface area contributed by atoms with Gasteiger partial charge in [0.05, 0.1) is 25.1 Å². The van der Waals surface area contributed by atoms with E-state index in [1.54, 1.807) is 7.11 Å². The van der Waals surface area contributed by atoms with E-state index in [4.69, 9.17) is 15.0 Å². The van der Waals surface area contributed by atoms with E-state index in [0.717, 1.165) is 41.1 Å². The number of nitrogens with zero attached hydrogens (tertiary/aromatic N) is 3. The average molecular weight is 267 g/mol. The van der Waals surface area contributed by atoms with Crippen molar-refractivity contribution >= 4 is 16.7 Å². The number of hydrogen-bond acceptors (Lipinski definition) is 4. The first-order valence-corrected chi connectivity index (χ1v) is 6.91. The summed E-state index contributed by atoms with van der Waals surface area (Å²) in [5.41, 5.74) is 1.94. The molecule has 3 rings (SSSR count). The van der Waals surface area contributed by atoms with Crippen molar-refractivity contribution in [1.82, 2.24) is 4.98 Å². The molecule has 0 amide bonds. The molecule has 1 aliphatic rings. The summed E-state index contributed by atoms with van der Waals surface area (Å²) < 4.78 is 5.26. The molecule has 2 heterocycles. The summed E-state index contributed by atoms with van der Waals surface area (Å²) in [5.74, 6) is 1.77. The molecule has 1 saturated heterocycles. The Morgan fingerprint density at radius 2 is 2.10 bits per heavy atom. The Kier molecular flexibility index (Phi) is 3.42. The lowest BCUT2D eigenvalue weighted by atomic mass is 10.1. The quantitative estimate of drug-likeness (QED) is 0.858. The number of benzene rings is 1. The maximum Gasteiger partial charge on any atom is 0.133 e. The number of fused-ring (bicyclic) bond motifs is 1. The third-order valence-electron chi connectivity index (χ3n) is 3.76. The molecule has 0 unspecified atom stereocenters. The number of methoxy groups -OCH3 is 1. The van der Waals surface area contributed by atoms with Gasteiger partial charge in [0, 0.05) is 30.1 Å². The van der Waals surface area contributed by atoms with Crippen LogP contribution < -0.4 is 9.64 Å². The Morgan fingerprint density at radius 3 is 2.80 bits per heavy atom. The van der Waals surface area contributed by atoms with Crippen molar-refractivity contribution in [2.24, 2.45) is 0 Å². The van der Waals surface area contributed by atoms with Gasteiger partial charge in [0.25, 0.3) is 0 Å². The molecule has 20 heavy (non-hydrogen) atoms. The Bertz CT molecular complexity index is 669. The number of pyridine rings is 1. The van der Waals surface area contributed by atoms with E-state index in [1.807, 2.05) is 18.2 Å². The minimum absolute atomic E-state index is 0.404. The average Bonchev–Trinajstić information content (AvgIpc) is 3.00. The highest BCUT2D eigenvalue weighted by atomic mass is 16.5. The van der Waals surface area contributed by atoms with Crippen molar-refractivity contribution in [2.75, 3.05) is 25.1 Å². The predicted molar refractivity (Wildman–Crippen MR) is 79.1 cm³/mol. The molecule has 2 aromatic rings. The van der Waals surface area contributed by atoms with E-state index in [9.17, 15) is 0 Å². The summed E-state index contributed by atoms with van der Waals surface area (Å²) in [5, 5.41) is 10.1. The van der Waals surface area contributed by atoms with Crippen LogP contribution in [-0.2, 0) is 6.42 Å². The molecule has 102 valence electrons. The van der Waals surface area contributed by atoms with Crippen LogP contribution in [0.25, 0.3) is 10.9 Å². The van der Waals surface area contributed by atoms with E-state index >= 15 is 0 Å². The van der Waals surface area contributed by atoms with Crippen LogP contribution in [0.5, 0.6) is 5.75 Å². The topological polar surface area (TPSA) is 49.1 Å².